The van der Waals surface area contributed by atoms with E-state index in [2.05, 4.69) is 38.2 Å². The highest BCUT2D eigenvalue weighted by Crippen LogP contribution is 2.18. The molecule has 338 valence electrons. The molecular formula is C55H106O2. The van der Waals surface area contributed by atoms with Gasteiger partial charge in [0.2, 0.25) is 0 Å². The molecule has 2 heteroatoms. The monoisotopic (exact) mass is 799 g/mol. The number of hydrogen-bond donors (Lipinski definition) is 0. The van der Waals surface area contributed by atoms with Crippen LogP contribution in [-0.2, 0) is 9.53 Å². The number of carbonyl (C=O) groups is 1. The highest BCUT2D eigenvalue weighted by molar-refractivity contribution is 5.69. The van der Waals surface area contributed by atoms with E-state index < -0.39 is 0 Å². The van der Waals surface area contributed by atoms with Crippen molar-refractivity contribution in [3.8, 4) is 0 Å². The van der Waals surface area contributed by atoms with Crippen LogP contribution in [0.5, 0.6) is 0 Å². The lowest BCUT2D eigenvalue weighted by atomic mass is 10.0. The van der Waals surface area contributed by atoms with Crippen LogP contribution >= 0.6 is 0 Å². The van der Waals surface area contributed by atoms with Gasteiger partial charge in [0.25, 0.3) is 0 Å². The molecule has 0 rings (SSSR count). The van der Waals surface area contributed by atoms with Crippen LogP contribution in [0.3, 0.4) is 0 Å². The van der Waals surface area contributed by atoms with Gasteiger partial charge < -0.3 is 4.74 Å². The molecule has 0 spiro atoms. The quantitative estimate of drug-likeness (QED) is 0.0348. The van der Waals surface area contributed by atoms with Crippen molar-refractivity contribution < 1.29 is 9.53 Å². The largest absolute Gasteiger partial charge is 0.466 e. The number of rotatable bonds is 50. The third-order valence-corrected chi connectivity index (χ3v) is 12.3. The Morgan fingerprint density at radius 1 is 0.298 bits per heavy atom. The number of hydrogen-bond acceptors (Lipinski definition) is 2. The van der Waals surface area contributed by atoms with Crippen molar-refractivity contribution in [3.05, 3.63) is 24.3 Å². The van der Waals surface area contributed by atoms with Crippen molar-refractivity contribution in [1.82, 2.24) is 0 Å². The Morgan fingerprint density at radius 2 is 0.544 bits per heavy atom. The molecule has 0 aromatic rings. The molecule has 2 nitrogen and oxygen atoms in total. The van der Waals surface area contributed by atoms with E-state index >= 15 is 0 Å². The highest BCUT2D eigenvalue weighted by Gasteiger charge is 2.03. The maximum absolute atomic E-state index is 12.0. The SMILES string of the molecule is CCCCC/C=C\C/C=C/CCCCCCCCOC(=O)CCCCCCCCCCCCCCCCCCCCCCCCCCCCCCCCCCCC. The summed E-state index contributed by atoms with van der Waals surface area (Å²) in [6, 6.07) is 0. The van der Waals surface area contributed by atoms with Gasteiger partial charge in [-0.25, -0.2) is 0 Å². The zero-order chi connectivity index (χ0) is 41.1. The summed E-state index contributed by atoms with van der Waals surface area (Å²) in [6.07, 6.45) is 73.4. The van der Waals surface area contributed by atoms with Gasteiger partial charge in [0, 0.05) is 6.42 Å². The summed E-state index contributed by atoms with van der Waals surface area (Å²) in [5, 5.41) is 0. The van der Waals surface area contributed by atoms with E-state index in [-0.39, 0.29) is 5.97 Å². The first kappa shape index (κ1) is 55.9. The first-order chi connectivity index (χ1) is 28.3. The van der Waals surface area contributed by atoms with Gasteiger partial charge in [-0.1, -0.05) is 289 Å². The van der Waals surface area contributed by atoms with E-state index in [4.69, 9.17) is 4.74 Å². The summed E-state index contributed by atoms with van der Waals surface area (Å²) >= 11 is 0. The molecule has 0 radical (unpaired) electrons. The molecular weight excluding hydrogens is 693 g/mol. The van der Waals surface area contributed by atoms with E-state index in [1.165, 1.54) is 276 Å². The minimum Gasteiger partial charge on any atom is -0.466 e. The lowest BCUT2D eigenvalue weighted by Gasteiger charge is -2.06. The van der Waals surface area contributed by atoms with Crippen LogP contribution in [0.4, 0.5) is 0 Å². The van der Waals surface area contributed by atoms with E-state index in [0.29, 0.717) is 13.0 Å². The average Bonchev–Trinajstić information content (AvgIpc) is 3.22. The third kappa shape index (κ3) is 52.9. The van der Waals surface area contributed by atoms with E-state index in [0.717, 1.165) is 19.3 Å². The van der Waals surface area contributed by atoms with Crippen LogP contribution in [0.25, 0.3) is 0 Å². The second-order valence-corrected chi connectivity index (χ2v) is 18.2. The minimum absolute atomic E-state index is 0.0217. The molecule has 0 fully saturated rings. The van der Waals surface area contributed by atoms with Crippen molar-refractivity contribution in [1.29, 1.82) is 0 Å². The normalized spacial score (nSPS) is 11.8. The Labute approximate surface area is 360 Å². The van der Waals surface area contributed by atoms with Gasteiger partial charge in [-0.2, -0.15) is 0 Å². The molecule has 0 unspecified atom stereocenters. The minimum atomic E-state index is 0.0217. The number of carbonyl (C=O) groups excluding carboxylic acids is 1. The second-order valence-electron chi connectivity index (χ2n) is 18.2. The lowest BCUT2D eigenvalue weighted by molar-refractivity contribution is -0.143. The van der Waals surface area contributed by atoms with E-state index in [1.54, 1.807) is 0 Å². The first-order valence-electron chi connectivity index (χ1n) is 26.8. The van der Waals surface area contributed by atoms with Crippen LogP contribution in [-0.4, -0.2) is 12.6 Å². The maximum Gasteiger partial charge on any atom is 0.305 e. The van der Waals surface area contributed by atoms with Crippen LogP contribution in [0.15, 0.2) is 24.3 Å². The Balaban J connectivity index is 3.16. The van der Waals surface area contributed by atoms with Gasteiger partial charge >= 0.3 is 5.97 Å². The Morgan fingerprint density at radius 3 is 0.877 bits per heavy atom. The first-order valence-corrected chi connectivity index (χ1v) is 26.8. The maximum atomic E-state index is 12.0. The molecule has 0 bridgehead atoms. The van der Waals surface area contributed by atoms with Gasteiger partial charge in [-0.15, -0.1) is 0 Å². The van der Waals surface area contributed by atoms with Crippen LogP contribution in [0.1, 0.15) is 316 Å². The molecule has 0 saturated heterocycles. The number of ether oxygens (including phenoxy) is 1. The number of esters is 1. The summed E-state index contributed by atoms with van der Waals surface area (Å²) in [6.45, 7) is 5.19. The van der Waals surface area contributed by atoms with Crippen molar-refractivity contribution in [2.75, 3.05) is 6.61 Å². The smallest absolute Gasteiger partial charge is 0.305 e. The van der Waals surface area contributed by atoms with Crippen molar-refractivity contribution in [2.24, 2.45) is 0 Å². The third-order valence-electron chi connectivity index (χ3n) is 12.3. The zero-order valence-corrected chi connectivity index (χ0v) is 39.6. The summed E-state index contributed by atoms with van der Waals surface area (Å²) in [5.41, 5.74) is 0. The molecule has 0 aromatic heterocycles. The van der Waals surface area contributed by atoms with E-state index in [9.17, 15) is 4.79 Å². The van der Waals surface area contributed by atoms with Crippen LogP contribution < -0.4 is 0 Å². The number of allylic oxidation sites excluding steroid dienone is 4. The molecule has 0 aliphatic carbocycles. The van der Waals surface area contributed by atoms with E-state index in [1.807, 2.05) is 0 Å². The molecule has 0 N–H and O–H groups in total. The zero-order valence-electron chi connectivity index (χ0n) is 39.6. The Hall–Kier alpha value is -1.05. The Bertz CT molecular complexity index is 783. The molecule has 0 atom stereocenters. The summed E-state index contributed by atoms with van der Waals surface area (Å²) < 4.78 is 5.48. The average molecular weight is 799 g/mol. The summed E-state index contributed by atoms with van der Waals surface area (Å²) in [4.78, 5) is 12.0. The highest BCUT2D eigenvalue weighted by atomic mass is 16.5. The summed E-state index contributed by atoms with van der Waals surface area (Å²) in [5.74, 6) is 0.0217. The standard InChI is InChI=1S/C55H106O2/c1-3-5-7-9-11-13-15-17-19-21-22-23-24-25-26-27-28-29-30-31-32-33-34-35-36-37-38-39-41-43-45-47-49-51-53-55(56)57-54-52-50-48-46-44-42-40-20-18-16-14-12-10-8-6-4-2/h12,14,18,20H,3-11,13,15-17,19,21-54H2,1-2H3/b14-12-,20-18+. The molecule has 0 amide bonds. The molecule has 0 saturated carbocycles. The van der Waals surface area contributed by atoms with Gasteiger partial charge in [-0.3, -0.25) is 4.79 Å². The molecule has 0 aliphatic heterocycles. The summed E-state index contributed by atoms with van der Waals surface area (Å²) in [7, 11) is 0. The molecule has 0 aliphatic rings. The van der Waals surface area contributed by atoms with Crippen molar-refractivity contribution >= 4 is 5.97 Å². The predicted octanol–water partition coefficient (Wildman–Crippen LogP) is 20.0. The second kappa shape index (κ2) is 53.0. The topological polar surface area (TPSA) is 26.3 Å². The number of unbranched alkanes of at least 4 members (excludes halogenated alkanes) is 42. The lowest BCUT2D eigenvalue weighted by Crippen LogP contribution is -2.05. The fraction of sp³-hybridized carbons (Fsp3) is 0.909. The van der Waals surface area contributed by atoms with Crippen LogP contribution in [0.2, 0.25) is 0 Å². The van der Waals surface area contributed by atoms with Crippen LogP contribution in [0, 0.1) is 0 Å². The van der Waals surface area contributed by atoms with Crippen molar-refractivity contribution in [2.45, 2.75) is 316 Å². The fourth-order valence-electron chi connectivity index (χ4n) is 8.35. The Kier molecular flexibility index (Phi) is 52.0. The molecule has 57 heavy (non-hydrogen) atoms. The van der Waals surface area contributed by atoms with Gasteiger partial charge in [0.05, 0.1) is 6.61 Å². The van der Waals surface area contributed by atoms with Gasteiger partial charge in [0.1, 0.15) is 0 Å². The predicted molar refractivity (Wildman–Crippen MR) is 258 cm³/mol. The molecule has 0 heterocycles. The fourth-order valence-corrected chi connectivity index (χ4v) is 8.35. The van der Waals surface area contributed by atoms with Crippen molar-refractivity contribution in [3.63, 3.8) is 0 Å². The van der Waals surface area contributed by atoms with Gasteiger partial charge in [-0.05, 0) is 44.9 Å². The van der Waals surface area contributed by atoms with Gasteiger partial charge in [0.15, 0.2) is 0 Å². The molecule has 0 aromatic carbocycles.